The Kier molecular flexibility index (Phi) is 5.13. The summed E-state index contributed by atoms with van der Waals surface area (Å²) in [5.74, 6) is 5.74. The van der Waals surface area contributed by atoms with E-state index in [1.54, 1.807) is 7.11 Å². The van der Waals surface area contributed by atoms with E-state index in [2.05, 4.69) is 64.3 Å². The van der Waals surface area contributed by atoms with Gasteiger partial charge in [-0.2, -0.15) is 0 Å². The van der Waals surface area contributed by atoms with E-state index in [0.717, 1.165) is 12.0 Å². The van der Waals surface area contributed by atoms with Gasteiger partial charge >= 0.3 is 0 Å². The predicted molar refractivity (Wildman–Crippen MR) is 80.9 cm³/mol. The molecule has 2 atom stereocenters. The van der Waals surface area contributed by atoms with Gasteiger partial charge in [-0.15, -0.1) is 0 Å². The number of rotatable bonds is 5. The van der Waals surface area contributed by atoms with Gasteiger partial charge in [0.1, 0.15) is 0 Å². The van der Waals surface area contributed by atoms with E-state index in [-0.39, 0.29) is 17.1 Å². The molecule has 1 aromatic rings. The van der Waals surface area contributed by atoms with E-state index < -0.39 is 0 Å². The monoisotopic (exact) mass is 264 g/mol. The highest BCUT2D eigenvalue weighted by Crippen LogP contribution is 2.32. The highest BCUT2D eigenvalue weighted by atomic mass is 16.5. The van der Waals surface area contributed by atoms with Crippen molar-refractivity contribution in [3.63, 3.8) is 0 Å². The second-order valence-electron chi connectivity index (χ2n) is 6.34. The van der Waals surface area contributed by atoms with E-state index in [4.69, 9.17) is 10.6 Å². The predicted octanol–water partition coefficient (Wildman–Crippen LogP) is 3.30. The van der Waals surface area contributed by atoms with Crippen LogP contribution in [0.5, 0.6) is 0 Å². The molecular formula is C16H28N2O. The zero-order valence-corrected chi connectivity index (χ0v) is 13.1. The van der Waals surface area contributed by atoms with Gasteiger partial charge in [-0.05, 0) is 29.9 Å². The molecule has 3 heteroatoms. The van der Waals surface area contributed by atoms with Gasteiger partial charge in [0.05, 0.1) is 11.6 Å². The molecular weight excluding hydrogens is 236 g/mol. The van der Waals surface area contributed by atoms with Crippen molar-refractivity contribution in [3.05, 3.63) is 35.4 Å². The summed E-state index contributed by atoms with van der Waals surface area (Å²) in [5, 5.41) is 0. The summed E-state index contributed by atoms with van der Waals surface area (Å²) < 4.78 is 5.65. The zero-order valence-electron chi connectivity index (χ0n) is 13.1. The molecule has 3 nitrogen and oxygen atoms in total. The van der Waals surface area contributed by atoms with Crippen molar-refractivity contribution in [1.82, 2.24) is 5.43 Å². The summed E-state index contributed by atoms with van der Waals surface area (Å²) in [6.45, 7) is 10.8. The molecule has 0 saturated heterocycles. The van der Waals surface area contributed by atoms with Crippen LogP contribution in [0.1, 0.15) is 58.2 Å². The lowest BCUT2D eigenvalue weighted by molar-refractivity contribution is -0.0300. The Labute approximate surface area is 117 Å². The minimum Gasteiger partial charge on any atom is -0.376 e. The molecule has 1 rings (SSSR count). The van der Waals surface area contributed by atoms with Crippen LogP contribution in [0, 0.1) is 0 Å². The van der Waals surface area contributed by atoms with E-state index in [0.29, 0.717) is 0 Å². The third-order valence-electron chi connectivity index (χ3n) is 4.06. The first-order valence-electron chi connectivity index (χ1n) is 6.90. The smallest absolute Gasteiger partial charge is 0.0854 e. The molecule has 108 valence electrons. The molecule has 0 amide bonds. The van der Waals surface area contributed by atoms with Crippen LogP contribution in [0.15, 0.2) is 24.3 Å². The summed E-state index contributed by atoms with van der Waals surface area (Å²) in [4.78, 5) is 0. The van der Waals surface area contributed by atoms with Gasteiger partial charge in [-0.3, -0.25) is 11.3 Å². The average Bonchev–Trinajstić information content (AvgIpc) is 2.38. The lowest BCUT2D eigenvalue weighted by atomic mass is 9.83. The Bertz CT molecular complexity index is 388. The van der Waals surface area contributed by atoms with Gasteiger partial charge in [0.15, 0.2) is 0 Å². The molecule has 1 aromatic carbocycles. The minimum atomic E-state index is -0.308. The van der Waals surface area contributed by atoms with Crippen molar-refractivity contribution in [3.8, 4) is 0 Å². The molecule has 0 aliphatic heterocycles. The van der Waals surface area contributed by atoms with Crippen LogP contribution in [-0.4, -0.2) is 12.7 Å². The van der Waals surface area contributed by atoms with Crippen LogP contribution in [0.2, 0.25) is 0 Å². The summed E-state index contributed by atoms with van der Waals surface area (Å²) in [6, 6.07) is 8.60. The minimum absolute atomic E-state index is 0.0171. The topological polar surface area (TPSA) is 47.3 Å². The third kappa shape index (κ3) is 3.56. The first-order valence-corrected chi connectivity index (χ1v) is 6.90. The fourth-order valence-corrected chi connectivity index (χ4v) is 2.27. The molecule has 0 aliphatic rings. The SMILES string of the molecule is CCC(C)(OC)C(NN)c1ccc(C(C)(C)C)cc1. The largest absolute Gasteiger partial charge is 0.376 e. The second kappa shape index (κ2) is 6.04. The molecule has 0 heterocycles. The van der Waals surface area contributed by atoms with E-state index in [1.165, 1.54) is 5.56 Å². The van der Waals surface area contributed by atoms with E-state index >= 15 is 0 Å². The normalized spacial score (nSPS) is 17.0. The Morgan fingerprint density at radius 1 is 1.16 bits per heavy atom. The second-order valence-corrected chi connectivity index (χ2v) is 6.34. The quantitative estimate of drug-likeness (QED) is 0.633. The number of methoxy groups -OCH3 is 1. The first-order chi connectivity index (χ1) is 8.78. The maximum Gasteiger partial charge on any atom is 0.0854 e. The Hall–Kier alpha value is -0.900. The Morgan fingerprint density at radius 3 is 2.00 bits per heavy atom. The number of benzene rings is 1. The molecule has 0 saturated carbocycles. The molecule has 0 bridgehead atoms. The highest BCUT2D eigenvalue weighted by Gasteiger charge is 2.33. The van der Waals surface area contributed by atoms with Gasteiger partial charge in [0, 0.05) is 7.11 Å². The lowest BCUT2D eigenvalue weighted by Crippen LogP contribution is -2.45. The zero-order chi connectivity index (χ0) is 14.7. The van der Waals surface area contributed by atoms with Crippen LogP contribution in [0.25, 0.3) is 0 Å². The standard InChI is InChI=1S/C16H28N2O/c1-7-16(5,19-6)14(18-17)12-8-10-13(11-9-12)15(2,3)4/h8-11,14,18H,7,17H2,1-6H3. The van der Waals surface area contributed by atoms with Gasteiger partial charge in [-0.25, -0.2) is 0 Å². The molecule has 0 radical (unpaired) electrons. The maximum atomic E-state index is 5.74. The molecule has 3 N–H and O–H groups in total. The van der Waals surface area contributed by atoms with Crippen molar-refractivity contribution in [1.29, 1.82) is 0 Å². The molecule has 19 heavy (non-hydrogen) atoms. The number of nitrogens with two attached hydrogens (primary N) is 1. The lowest BCUT2D eigenvalue weighted by Gasteiger charge is -2.35. The Balaban J connectivity index is 3.07. The van der Waals surface area contributed by atoms with E-state index in [1.807, 2.05) is 0 Å². The van der Waals surface area contributed by atoms with Gasteiger partial charge < -0.3 is 4.74 Å². The number of hydrogen-bond donors (Lipinski definition) is 2. The van der Waals surface area contributed by atoms with Crippen molar-refractivity contribution in [2.75, 3.05) is 7.11 Å². The van der Waals surface area contributed by atoms with Crippen molar-refractivity contribution >= 4 is 0 Å². The molecule has 0 aromatic heterocycles. The molecule has 0 fully saturated rings. The number of hydrazine groups is 1. The van der Waals surface area contributed by atoms with E-state index in [9.17, 15) is 0 Å². The van der Waals surface area contributed by atoms with Crippen LogP contribution in [-0.2, 0) is 10.2 Å². The van der Waals surface area contributed by atoms with Crippen LogP contribution in [0.3, 0.4) is 0 Å². The third-order valence-corrected chi connectivity index (χ3v) is 4.06. The fourth-order valence-electron chi connectivity index (χ4n) is 2.27. The number of nitrogens with one attached hydrogen (secondary N) is 1. The highest BCUT2D eigenvalue weighted by molar-refractivity contribution is 5.30. The molecule has 0 spiro atoms. The summed E-state index contributed by atoms with van der Waals surface area (Å²) in [5.41, 5.74) is 5.23. The average molecular weight is 264 g/mol. The van der Waals surface area contributed by atoms with Crippen molar-refractivity contribution in [2.45, 2.75) is 58.1 Å². The molecule has 2 unspecified atom stereocenters. The van der Waals surface area contributed by atoms with Crippen molar-refractivity contribution in [2.24, 2.45) is 5.84 Å². The van der Waals surface area contributed by atoms with Crippen LogP contribution < -0.4 is 11.3 Å². The van der Waals surface area contributed by atoms with Gasteiger partial charge in [-0.1, -0.05) is 52.0 Å². The summed E-state index contributed by atoms with van der Waals surface area (Å²) in [6.07, 6.45) is 0.888. The summed E-state index contributed by atoms with van der Waals surface area (Å²) in [7, 11) is 1.73. The Morgan fingerprint density at radius 2 is 1.68 bits per heavy atom. The first kappa shape index (κ1) is 16.2. The van der Waals surface area contributed by atoms with Crippen molar-refractivity contribution < 1.29 is 4.74 Å². The van der Waals surface area contributed by atoms with Gasteiger partial charge in [0.25, 0.3) is 0 Å². The van der Waals surface area contributed by atoms with Gasteiger partial charge in [0.2, 0.25) is 0 Å². The van der Waals surface area contributed by atoms with Crippen LogP contribution in [0.4, 0.5) is 0 Å². The number of ether oxygens (including phenoxy) is 1. The fraction of sp³-hybridized carbons (Fsp3) is 0.625. The number of hydrogen-bond acceptors (Lipinski definition) is 3. The maximum absolute atomic E-state index is 5.74. The molecule has 0 aliphatic carbocycles. The van der Waals surface area contributed by atoms with Crippen LogP contribution >= 0.6 is 0 Å². The summed E-state index contributed by atoms with van der Waals surface area (Å²) >= 11 is 0.